The molecule has 3 rings (SSSR count). The summed E-state index contributed by atoms with van der Waals surface area (Å²) >= 11 is 0. The van der Waals surface area contributed by atoms with Gasteiger partial charge >= 0.3 is 0 Å². The van der Waals surface area contributed by atoms with Gasteiger partial charge < -0.3 is 10.1 Å². The SMILES string of the molecule is O=C(NCCOc1cccc(F)c1)C(c1ccccc1)c1ccccc1. The molecule has 0 saturated heterocycles. The Bertz CT molecular complexity index is 798. The topological polar surface area (TPSA) is 38.3 Å². The average molecular weight is 349 g/mol. The van der Waals surface area contributed by atoms with E-state index in [1.54, 1.807) is 12.1 Å². The van der Waals surface area contributed by atoms with Crippen LogP contribution < -0.4 is 10.1 Å². The number of carbonyl (C=O) groups excluding carboxylic acids is 1. The third kappa shape index (κ3) is 4.70. The van der Waals surface area contributed by atoms with Crippen LogP contribution in [0.2, 0.25) is 0 Å². The fourth-order valence-corrected chi connectivity index (χ4v) is 2.79. The molecule has 0 spiro atoms. The molecular weight excluding hydrogens is 329 g/mol. The van der Waals surface area contributed by atoms with Gasteiger partial charge in [0.15, 0.2) is 0 Å². The van der Waals surface area contributed by atoms with Gasteiger partial charge in [0.25, 0.3) is 0 Å². The molecule has 0 atom stereocenters. The number of carbonyl (C=O) groups is 1. The van der Waals surface area contributed by atoms with E-state index in [1.165, 1.54) is 12.1 Å². The Morgan fingerprint density at radius 1 is 0.885 bits per heavy atom. The highest BCUT2D eigenvalue weighted by atomic mass is 19.1. The van der Waals surface area contributed by atoms with Gasteiger partial charge in [-0.1, -0.05) is 66.7 Å². The van der Waals surface area contributed by atoms with Crippen molar-refractivity contribution in [2.75, 3.05) is 13.2 Å². The van der Waals surface area contributed by atoms with Crippen molar-refractivity contribution >= 4 is 5.91 Å². The van der Waals surface area contributed by atoms with Crippen molar-refractivity contribution in [3.8, 4) is 5.75 Å². The zero-order valence-electron chi connectivity index (χ0n) is 14.3. The van der Waals surface area contributed by atoms with E-state index in [-0.39, 0.29) is 24.2 Å². The number of nitrogens with one attached hydrogen (secondary N) is 1. The van der Waals surface area contributed by atoms with Crippen LogP contribution in [0.3, 0.4) is 0 Å². The molecule has 0 saturated carbocycles. The molecule has 0 radical (unpaired) electrons. The lowest BCUT2D eigenvalue weighted by molar-refractivity contribution is -0.121. The van der Waals surface area contributed by atoms with Crippen LogP contribution in [0, 0.1) is 5.82 Å². The minimum absolute atomic E-state index is 0.0924. The largest absolute Gasteiger partial charge is 0.492 e. The van der Waals surface area contributed by atoms with Gasteiger partial charge in [-0.3, -0.25) is 4.79 Å². The second kappa shape index (κ2) is 8.81. The first-order chi connectivity index (χ1) is 12.7. The lowest BCUT2D eigenvalue weighted by atomic mass is 9.90. The van der Waals surface area contributed by atoms with Crippen LogP contribution in [0.4, 0.5) is 4.39 Å². The summed E-state index contributed by atoms with van der Waals surface area (Å²) in [4.78, 5) is 12.8. The Morgan fingerprint density at radius 2 is 1.50 bits per heavy atom. The first kappa shape index (κ1) is 17.7. The number of amides is 1. The van der Waals surface area contributed by atoms with Crippen molar-refractivity contribution in [2.45, 2.75) is 5.92 Å². The summed E-state index contributed by atoms with van der Waals surface area (Å²) in [6.45, 7) is 0.608. The fraction of sp³-hybridized carbons (Fsp3) is 0.136. The van der Waals surface area contributed by atoms with E-state index in [9.17, 15) is 9.18 Å². The molecule has 0 fully saturated rings. The van der Waals surface area contributed by atoms with E-state index in [4.69, 9.17) is 4.74 Å². The van der Waals surface area contributed by atoms with E-state index < -0.39 is 0 Å². The van der Waals surface area contributed by atoms with Crippen molar-refractivity contribution in [1.29, 1.82) is 0 Å². The van der Waals surface area contributed by atoms with Gasteiger partial charge in [-0.25, -0.2) is 4.39 Å². The number of hydrogen-bond acceptors (Lipinski definition) is 2. The minimum Gasteiger partial charge on any atom is -0.492 e. The molecule has 26 heavy (non-hydrogen) atoms. The van der Waals surface area contributed by atoms with Crippen molar-refractivity contribution in [3.63, 3.8) is 0 Å². The number of benzene rings is 3. The van der Waals surface area contributed by atoms with Gasteiger partial charge in [-0.15, -0.1) is 0 Å². The highest BCUT2D eigenvalue weighted by Gasteiger charge is 2.21. The van der Waals surface area contributed by atoms with Crippen molar-refractivity contribution < 1.29 is 13.9 Å². The zero-order valence-corrected chi connectivity index (χ0v) is 14.3. The van der Waals surface area contributed by atoms with Crippen LogP contribution in [-0.2, 0) is 4.79 Å². The molecule has 1 amide bonds. The number of rotatable bonds is 7. The number of hydrogen-bond donors (Lipinski definition) is 1. The molecule has 0 aliphatic carbocycles. The molecule has 0 aliphatic rings. The lowest BCUT2D eigenvalue weighted by Gasteiger charge is -2.18. The Hall–Kier alpha value is -3.14. The van der Waals surface area contributed by atoms with Crippen LogP contribution in [0.15, 0.2) is 84.9 Å². The normalized spacial score (nSPS) is 10.5. The Morgan fingerprint density at radius 3 is 2.08 bits per heavy atom. The summed E-state index contributed by atoms with van der Waals surface area (Å²) in [5, 5.41) is 2.91. The van der Waals surface area contributed by atoms with E-state index in [0.717, 1.165) is 11.1 Å². The average Bonchev–Trinajstić information content (AvgIpc) is 2.67. The smallest absolute Gasteiger partial charge is 0.232 e. The summed E-state index contributed by atoms with van der Waals surface area (Å²) < 4.78 is 18.6. The molecular formula is C22H20FNO2. The molecule has 1 N–H and O–H groups in total. The van der Waals surface area contributed by atoms with E-state index in [1.807, 2.05) is 60.7 Å². The van der Waals surface area contributed by atoms with E-state index in [0.29, 0.717) is 12.3 Å². The van der Waals surface area contributed by atoms with Crippen LogP contribution >= 0.6 is 0 Å². The van der Waals surface area contributed by atoms with Crippen LogP contribution in [0.25, 0.3) is 0 Å². The van der Waals surface area contributed by atoms with E-state index in [2.05, 4.69) is 5.32 Å². The quantitative estimate of drug-likeness (QED) is 0.651. The second-order valence-corrected chi connectivity index (χ2v) is 5.85. The van der Waals surface area contributed by atoms with Gasteiger partial charge in [0.2, 0.25) is 5.91 Å². The molecule has 0 unspecified atom stereocenters. The molecule has 3 aromatic rings. The number of ether oxygens (including phenoxy) is 1. The van der Waals surface area contributed by atoms with Gasteiger partial charge in [0.05, 0.1) is 12.5 Å². The highest BCUT2D eigenvalue weighted by Crippen LogP contribution is 2.24. The maximum Gasteiger partial charge on any atom is 0.232 e. The predicted molar refractivity (Wildman–Crippen MR) is 99.6 cm³/mol. The minimum atomic E-state index is -0.383. The summed E-state index contributed by atoms with van der Waals surface area (Å²) in [6.07, 6.45) is 0. The lowest BCUT2D eigenvalue weighted by Crippen LogP contribution is -2.33. The molecule has 0 bridgehead atoms. The van der Waals surface area contributed by atoms with Gasteiger partial charge in [0.1, 0.15) is 18.2 Å². The van der Waals surface area contributed by atoms with Crippen LogP contribution in [0.1, 0.15) is 17.0 Å². The maximum atomic E-state index is 13.1. The van der Waals surface area contributed by atoms with Crippen molar-refractivity contribution in [3.05, 3.63) is 102 Å². The third-order valence-corrected chi connectivity index (χ3v) is 3.99. The third-order valence-electron chi connectivity index (χ3n) is 3.99. The van der Waals surface area contributed by atoms with Crippen LogP contribution in [-0.4, -0.2) is 19.1 Å². The predicted octanol–water partition coefficient (Wildman–Crippen LogP) is 4.15. The highest BCUT2D eigenvalue weighted by molar-refractivity contribution is 5.87. The van der Waals surface area contributed by atoms with Gasteiger partial charge in [-0.2, -0.15) is 0 Å². The zero-order chi connectivity index (χ0) is 18.2. The molecule has 0 aliphatic heterocycles. The molecule has 4 heteroatoms. The summed E-state index contributed by atoms with van der Waals surface area (Å²) in [5.74, 6) is -0.376. The standard InChI is InChI=1S/C22H20FNO2/c23-19-12-7-13-20(16-19)26-15-14-24-22(25)21(17-8-3-1-4-9-17)18-10-5-2-6-11-18/h1-13,16,21H,14-15H2,(H,24,25). The monoisotopic (exact) mass is 349 g/mol. The van der Waals surface area contributed by atoms with E-state index >= 15 is 0 Å². The number of halogens is 1. The molecule has 0 heterocycles. The maximum absolute atomic E-state index is 13.1. The van der Waals surface area contributed by atoms with Gasteiger partial charge in [0, 0.05) is 6.07 Å². The Balaban J connectivity index is 1.63. The summed E-state index contributed by atoms with van der Waals surface area (Å²) in [5.41, 5.74) is 1.87. The molecule has 132 valence electrons. The van der Waals surface area contributed by atoms with Crippen molar-refractivity contribution in [1.82, 2.24) is 5.32 Å². The first-order valence-electron chi connectivity index (χ1n) is 8.50. The molecule has 3 aromatic carbocycles. The summed E-state index contributed by atoms with van der Waals surface area (Å²) in [6, 6.07) is 25.3. The first-order valence-corrected chi connectivity index (χ1v) is 8.50. The molecule has 3 nitrogen and oxygen atoms in total. The summed E-state index contributed by atoms with van der Waals surface area (Å²) in [7, 11) is 0. The van der Waals surface area contributed by atoms with Gasteiger partial charge in [-0.05, 0) is 23.3 Å². The second-order valence-electron chi connectivity index (χ2n) is 5.85. The Labute approximate surface area is 152 Å². The van der Waals surface area contributed by atoms with Crippen molar-refractivity contribution in [2.24, 2.45) is 0 Å². The fourth-order valence-electron chi connectivity index (χ4n) is 2.79. The Kier molecular flexibility index (Phi) is 5.99. The van der Waals surface area contributed by atoms with Crippen LogP contribution in [0.5, 0.6) is 5.75 Å². The molecule has 0 aromatic heterocycles.